The molecule has 80 valence electrons. The summed E-state index contributed by atoms with van der Waals surface area (Å²) in [5.41, 5.74) is 0. The minimum atomic E-state index is -0.852. The van der Waals surface area contributed by atoms with Crippen LogP contribution in [0, 0.1) is 0 Å². The van der Waals surface area contributed by atoms with Gasteiger partial charge in [0.05, 0.1) is 0 Å². The molecule has 14 heavy (non-hydrogen) atoms. The van der Waals surface area contributed by atoms with Gasteiger partial charge in [0, 0.05) is 18.7 Å². The van der Waals surface area contributed by atoms with Crippen LogP contribution in [0.5, 0.6) is 0 Å². The topological polar surface area (TPSA) is 40.5 Å². The number of piperidine rings is 1. The van der Waals surface area contributed by atoms with Crippen molar-refractivity contribution in [2.75, 3.05) is 13.1 Å². The van der Waals surface area contributed by atoms with Gasteiger partial charge in [0.25, 0.3) is 0 Å². The Labute approximate surface area is 85.4 Å². The summed E-state index contributed by atoms with van der Waals surface area (Å²) in [4.78, 5) is 12.7. The predicted molar refractivity (Wildman–Crippen MR) is 56.3 cm³/mol. The zero-order valence-corrected chi connectivity index (χ0v) is 8.78. The number of carboxylic acid groups (broad SMARTS) is 1. The lowest BCUT2D eigenvalue weighted by molar-refractivity contribution is -0.131. The number of nitrogens with zero attached hydrogens (tertiary/aromatic N) is 1. The van der Waals surface area contributed by atoms with Crippen molar-refractivity contribution in [2.45, 2.75) is 38.6 Å². The fourth-order valence-electron chi connectivity index (χ4n) is 2.05. The average molecular weight is 197 g/mol. The molecule has 3 heteroatoms. The molecule has 1 aliphatic heterocycles. The molecule has 0 amide bonds. The molecule has 0 spiro atoms. The maximum Gasteiger partial charge on any atom is 0.328 e. The lowest BCUT2D eigenvalue weighted by Crippen LogP contribution is -2.39. The normalized spacial score (nSPS) is 24.2. The van der Waals surface area contributed by atoms with E-state index in [-0.39, 0.29) is 0 Å². The molecule has 1 fully saturated rings. The van der Waals surface area contributed by atoms with Crippen LogP contribution in [0.4, 0.5) is 0 Å². The van der Waals surface area contributed by atoms with Crippen LogP contribution < -0.4 is 0 Å². The molecule has 0 saturated carbocycles. The third-order valence-corrected chi connectivity index (χ3v) is 2.82. The van der Waals surface area contributed by atoms with E-state index in [0.717, 1.165) is 13.1 Å². The van der Waals surface area contributed by atoms with Gasteiger partial charge in [-0.15, -0.1) is 0 Å². The predicted octanol–water partition coefficient (Wildman–Crippen LogP) is 1.89. The summed E-state index contributed by atoms with van der Waals surface area (Å²) in [6.07, 6.45) is 7.98. The van der Waals surface area contributed by atoms with Crippen molar-refractivity contribution < 1.29 is 9.90 Å². The number of carbonyl (C=O) groups is 1. The Hall–Kier alpha value is -0.830. The first-order valence-corrected chi connectivity index (χ1v) is 5.37. The van der Waals surface area contributed by atoms with E-state index in [9.17, 15) is 4.79 Å². The van der Waals surface area contributed by atoms with Crippen molar-refractivity contribution in [1.82, 2.24) is 4.90 Å². The second-order valence-corrected chi connectivity index (χ2v) is 3.79. The Morgan fingerprint density at radius 3 is 3.00 bits per heavy atom. The van der Waals surface area contributed by atoms with Gasteiger partial charge in [-0.05, 0) is 25.8 Å². The summed E-state index contributed by atoms with van der Waals surface area (Å²) in [5.74, 6) is -0.852. The summed E-state index contributed by atoms with van der Waals surface area (Å²) < 4.78 is 0. The Balaban J connectivity index is 2.36. The van der Waals surface area contributed by atoms with E-state index in [1.807, 2.05) is 0 Å². The van der Waals surface area contributed by atoms with Gasteiger partial charge in [-0.25, -0.2) is 4.79 Å². The molecule has 1 N–H and O–H groups in total. The summed E-state index contributed by atoms with van der Waals surface area (Å²) in [7, 11) is 0. The molecule has 1 aliphatic rings. The number of aliphatic carboxylic acids is 1. The van der Waals surface area contributed by atoms with E-state index in [4.69, 9.17) is 5.11 Å². The zero-order valence-electron chi connectivity index (χ0n) is 8.78. The van der Waals surface area contributed by atoms with Gasteiger partial charge < -0.3 is 5.11 Å². The van der Waals surface area contributed by atoms with Gasteiger partial charge in [-0.2, -0.15) is 0 Å². The molecule has 1 rings (SSSR count). The van der Waals surface area contributed by atoms with Gasteiger partial charge in [0.2, 0.25) is 0 Å². The molecule has 0 radical (unpaired) electrons. The monoisotopic (exact) mass is 197 g/mol. The Morgan fingerprint density at radius 2 is 2.36 bits per heavy atom. The highest BCUT2D eigenvalue weighted by Gasteiger charge is 2.18. The summed E-state index contributed by atoms with van der Waals surface area (Å²) in [6, 6.07) is 0.655. The van der Waals surface area contributed by atoms with E-state index in [2.05, 4.69) is 11.8 Å². The summed E-state index contributed by atoms with van der Waals surface area (Å²) >= 11 is 0. The quantitative estimate of drug-likeness (QED) is 0.700. The van der Waals surface area contributed by atoms with Crippen LogP contribution in [0.3, 0.4) is 0 Å². The number of likely N-dealkylation sites (tertiary alicyclic amines) is 1. The van der Waals surface area contributed by atoms with Crippen LogP contribution in [0.1, 0.15) is 32.6 Å². The lowest BCUT2D eigenvalue weighted by Gasteiger charge is -2.34. The van der Waals surface area contributed by atoms with Gasteiger partial charge in [-0.3, -0.25) is 4.90 Å². The van der Waals surface area contributed by atoms with Gasteiger partial charge in [0.1, 0.15) is 0 Å². The van der Waals surface area contributed by atoms with Crippen LogP contribution >= 0.6 is 0 Å². The minimum Gasteiger partial charge on any atom is -0.478 e. The first-order valence-electron chi connectivity index (χ1n) is 5.37. The van der Waals surface area contributed by atoms with Crippen molar-refractivity contribution in [3.63, 3.8) is 0 Å². The molecule has 0 aromatic heterocycles. The Kier molecular flexibility index (Phi) is 4.66. The van der Waals surface area contributed by atoms with Gasteiger partial charge in [0.15, 0.2) is 0 Å². The van der Waals surface area contributed by atoms with E-state index in [1.165, 1.54) is 31.8 Å². The fraction of sp³-hybridized carbons (Fsp3) is 0.727. The molecule has 1 saturated heterocycles. The highest BCUT2D eigenvalue weighted by atomic mass is 16.4. The molecule has 1 unspecified atom stereocenters. The lowest BCUT2D eigenvalue weighted by atomic mass is 10.0. The van der Waals surface area contributed by atoms with E-state index < -0.39 is 5.97 Å². The van der Waals surface area contributed by atoms with Crippen molar-refractivity contribution in [2.24, 2.45) is 0 Å². The Bertz CT molecular complexity index is 213. The van der Waals surface area contributed by atoms with Gasteiger partial charge >= 0.3 is 5.97 Å². The molecular weight excluding hydrogens is 178 g/mol. The maximum atomic E-state index is 10.3. The van der Waals surface area contributed by atoms with Crippen molar-refractivity contribution in [3.05, 3.63) is 12.2 Å². The standard InChI is InChI=1S/C11H19NO2/c1-2-10-6-3-4-8-12(10)9-5-7-11(13)14/h5,7,10H,2-4,6,8-9H2,1H3,(H,13,14). The summed E-state index contributed by atoms with van der Waals surface area (Å²) in [6.45, 7) is 4.09. The SMILES string of the molecule is CCC1CCCCN1CC=CC(=O)O. The number of carboxylic acids is 1. The van der Waals surface area contributed by atoms with E-state index in [0.29, 0.717) is 6.04 Å². The molecule has 0 bridgehead atoms. The molecule has 1 heterocycles. The van der Waals surface area contributed by atoms with Crippen LogP contribution in [-0.4, -0.2) is 35.1 Å². The molecule has 0 aromatic carbocycles. The minimum absolute atomic E-state index is 0.655. The Morgan fingerprint density at radius 1 is 1.57 bits per heavy atom. The third-order valence-electron chi connectivity index (χ3n) is 2.82. The molecule has 0 aliphatic carbocycles. The molecule has 1 atom stereocenters. The summed E-state index contributed by atoms with van der Waals surface area (Å²) in [5, 5.41) is 8.46. The average Bonchev–Trinajstić information content (AvgIpc) is 2.18. The molecular formula is C11H19NO2. The fourth-order valence-corrected chi connectivity index (χ4v) is 2.05. The van der Waals surface area contributed by atoms with Crippen molar-refractivity contribution in [1.29, 1.82) is 0 Å². The highest BCUT2D eigenvalue weighted by Crippen LogP contribution is 2.18. The second-order valence-electron chi connectivity index (χ2n) is 3.79. The van der Waals surface area contributed by atoms with Crippen LogP contribution in [0.2, 0.25) is 0 Å². The van der Waals surface area contributed by atoms with Crippen molar-refractivity contribution in [3.8, 4) is 0 Å². The third kappa shape index (κ3) is 3.50. The van der Waals surface area contributed by atoms with E-state index in [1.54, 1.807) is 6.08 Å². The number of hydrogen-bond acceptors (Lipinski definition) is 2. The van der Waals surface area contributed by atoms with Crippen LogP contribution in [-0.2, 0) is 4.79 Å². The van der Waals surface area contributed by atoms with Gasteiger partial charge in [-0.1, -0.05) is 19.4 Å². The number of hydrogen-bond donors (Lipinski definition) is 1. The highest BCUT2D eigenvalue weighted by molar-refractivity contribution is 5.79. The van der Waals surface area contributed by atoms with Crippen LogP contribution in [0.15, 0.2) is 12.2 Å². The second kappa shape index (κ2) is 5.81. The smallest absolute Gasteiger partial charge is 0.328 e. The first kappa shape index (κ1) is 11.2. The van der Waals surface area contributed by atoms with Crippen molar-refractivity contribution >= 4 is 5.97 Å². The molecule has 0 aromatic rings. The number of rotatable bonds is 4. The largest absolute Gasteiger partial charge is 0.478 e. The molecule has 3 nitrogen and oxygen atoms in total. The van der Waals surface area contributed by atoms with Crippen LogP contribution in [0.25, 0.3) is 0 Å². The van der Waals surface area contributed by atoms with E-state index >= 15 is 0 Å². The maximum absolute atomic E-state index is 10.3. The zero-order chi connectivity index (χ0) is 10.4. The first-order chi connectivity index (χ1) is 6.74.